The van der Waals surface area contributed by atoms with Crippen LogP contribution in [0.4, 0.5) is 0 Å². The molecule has 0 unspecified atom stereocenters. The topological polar surface area (TPSA) is 55.6 Å². The van der Waals surface area contributed by atoms with Crippen molar-refractivity contribution in [3.63, 3.8) is 0 Å². The second-order valence-corrected chi connectivity index (χ2v) is 6.69. The average Bonchev–Trinajstić information content (AvgIpc) is 3.10. The molecule has 1 fully saturated rings. The molecule has 0 radical (unpaired) electrons. The minimum atomic E-state index is -0.0227. The Morgan fingerprint density at radius 3 is 2.88 bits per heavy atom. The molecule has 3 rings (SSSR count). The van der Waals surface area contributed by atoms with Gasteiger partial charge >= 0.3 is 0 Å². The van der Waals surface area contributed by atoms with Crippen molar-refractivity contribution in [3.8, 4) is 0 Å². The van der Waals surface area contributed by atoms with Crippen LogP contribution >= 0.6 is 11.8 Å². The Labute approximate surface area is 146 Å². The zero-order valence-electron chi connectivity index (χ0n) is 13.8. The molecule has 1 aliphatic heterocycles. The third kappa shape index (κ3) is 4.39. The van der Waals surface area contributed by atoms with Crippen LogP contribution in [0.2, 0.25) is 0 Å². The highest BCUT2D eigenvalue weighted by molar-refractivity contribution is 7.97. The molecular formula is C18H22N2O3S. The van der Waals surface area contributed by atoms with Crippen molar-refractivity contribution in [1.29, 1.82) is 0 Å². The molecule has 0 bridgehead atoms. The summed E-state index contributed by atoms with van der Waals surface area (Å²) in [6.45, 7) is 1.92. The number of hydrogen-bond donors (Lipinski definition) is 0. The van der Waals surface area contributed by atoms with E-state index in [1.54, 1.807) is 24.0 Å². The number of piperidine rings is 1. The number of aromatic nitrogens is 1. The lowest BCUT2D eigenvalue weighted by molar-refractivity contribution is -0.00227. The van der Waals surface area contributed by atoms with E-state index in [9.17, 15) is 4.79 Å². The number of nitrogens with zero attached hydrogens (tertiary/aromatic N) is 2. The van der Waals surface area contributed by atoms with Crippen LogP contribution in [0.5, 0.6) is 0 Å². The molecule has 0 aliphatic carbocycles. The van der Waals surface area contributed by atoms with Crippen molar-refractivity contribution in [2.75, 3.05) is 19.3 Å². The van der Waals surface area contributed by atoms with E-state index in [4.69, 9.17) is 9.15 Å². The number of carbonyl (C=O) groups is 1. The molecule has 0 spiro atoms. The summed E-state index contributed by atoms with van der Waals surface area (Å²) in [5.74, 6) is 2.05. The Balaban J connectivity index is 1.46. The van der Waals surface area contributed by atoms with E-state index < -0.39 is 0 Å². The molecule has 5 nitrogen and oxygen atoms in total. The minimum absolute atomic E-state index is 0.0227. The van der Waals surface area contributed by atoms with E-state index in [2.05, 4.69) is 4.98 Å². The molecule has 3 heterocycles. The SMILES string of the molecule is CSCc1ccc(C(=O)N2CCC(OCc3ccccn3)CC2)o1. The van der Waals surface area contributed by atoms with Crippen LogP contribution in [-0.2, 0) is 17.1 Å². The molecule has 2 aromatic heterocycles. The molecule has 6 heteroatoms. The first kappa shape index (κ1) is 17.0. The molecule has 1 aliphatic rings. The molecular weight excluding hydrogens is 324 g/mol. The summed E-state index contributed by atoms with van der Waals surface area (Å²) in [6, 6.07) is 9.47. The van der Waals surface area contributed by atoms with Gasteiger partial charge in [-0.15, -0.1) is 0 Å². The zero-order valence-corrected chi connectivity index (χ0v) is 14.6. The molecule has 128 valence electrons. The lowest BCUT2D eigenvalue weighted by Crippen LogP contribution is -2.40. The predicted octanol–water partition coefficient (Wildman–Crippen LogP) is 3.36. The highest BCUT2D eigenvalue weighted by Gasteiger charge is 2.25. The van der Waals surface area contributed by atoms with Gasteiger partial charge in [0.1, 0.15) is 5.76 Å². The number of rotatable bonds is 6. The largest absolute Gasteiger partial charge is 0.455 e. The van der Waals surface area contributed by atoms with Crippen LogP contribution in [-0.4, -0.2) is 41.2 Å². The van der Waals surface area contributed by atoms with Gasteiger partial charge in [0.05, 0.1) is 24.2 Å². The number of ether oxygens (including phenoxy) is 1. The third-order valence-corrected chi connectivity index (χ3v) is 4.65. The summed E-state index contributed by atoms with van der Waals surface area (Å²) >= 11 is 1.68. The van der Waals surface area contributed by atoms with Crippen LogP contribution in [0.15, 0.2) is 40.9 Å². The minimum Gasteiger partial charge on any atom is -0.455 e. The van der Waals surface area contributed by atoms with Crippen molar-refractivity contribution >= 4 is 17.7 Å². The second-order valence-electron chi connectivity index (χ2n) is 5.82. The fourth-order valence-corrected chi connectivity index (χ4v) is 3.22. The van der Waals surface area contributed by atoms with E-state index >= 15 is 0 Å². The summed E-state index contributed by atoms with van der Waals surface area (Å²) in [4.78, 5) is 18.6. The Morgan fingerprint density at radius 1 is 1.33 bits per heavy atom. The van der Waals surface area contributed by atoms with Gasteiger partial charge in [0.2, 0.25) is 0 Å². The molecule has 0 saturated carbocycles. The van der Waals surface area contributed by atoms with Gasteiger partial charge in [-0.3, -0.25) is 9.78 Å². The fourth-order valence-electron chi connectivity index (χ4n) is 2.78. The van der Waals surface area contributed by atoms with Crippen LogP contribution in [0.3, 0.4) is 0 Å². The van der Waals surface area contributed by atoms with Crippen molar-refractivity contribution in [3.05, 3.63) is 53.7 Å². The summed E-state index contributed by atoms with van der Waals surface area (Å²) in [7, 11) is 0. The molecule has 0 atom stereocenters. The molecule has 1 saturated heterocycles. The number of likely N-dealkylation sites (tertiary alicyclic amines) is 1. The number of amides is 1. The standard InChI is InChI=1S/C18H22N2O3S/c1-24-13-16-5-6-17(23-16)18(21)20-10-7-15(8-11-20)22-12-14-4-2-3-9-19-14/h2-6,9,15H,7-8,10-13H2,1H3. The van der Waals surface area contributed by atoms with E-state index in [0.29, 0.717) is 25.5 Å². The highest BCUT2D eigenvalue weighted by atomic mass is 32.2. The summed E-state index contributed by atoms with van der Waals surface area (Å²) in [5, 5.41) is 0. The molecule has 0 aromatic carbocycles. The maximum Gasteiger partial charge on any atom is 0.289 e. The van der Waals surface area contributed by atoms with E-state index in [1.807, 2.05) is 35.4 Å². The summed E-state index contributed by atoms with van der Waals surface area (Å²) in [6.07, 6.45) is 5.65. The lowest BCUT2D eigenvalue weighted by atomic mass is 10.1. The summed E-state index contributed by atoms with van der Waals surface area (Å²) < 4.78 is 11.5. The number of thioether (sulfide) groups is 1. The van der Waals surface area contributed by atoms with Gasteiger partial charge in [0, 0.05) is 19.3 Å². The first-order chi connectivity index (χ1) is 11.8. The van der Waals surface area contributed by atoms with E-state index in [1.165, 1.54) is 0 Å². The quantitative estimate of drug-likeness (QED) is 0.803. The second kappa shape index (κ2) is 8.35. The van der Waals surface area contributed by atoms with Crippen molar-refractivity contribution in [2.24, 2.45) is 0 Å². The van der Waals surface area contributed by atoms with Gasteiger partial charge in [-0.2, -0.15) is 11.8 Å². The van der Waals surface area contributed by atoms with Gasteiger partial charge < -0.3 is 14.1 Å². The van der Waals surface area contributed by atoms with Crippen LogP contribution in [0, 0.1) is 0 Å². The Kier molecular flexibility index (Phi) is 5.93. The fraction of sp³-hybridized carbons (Fsp3) is 0.444. The third-order valence-electron chi connectivity index (χ3n) is 4.08. The highest BCUT2D eigenvalue weighted by Crippen LogP contribution is 2.19. The Morgan fingerprint density at radius 2 is 2.17 bits per heavy atom. The van der Waals surface area contributed by atoms with Crippen molar-refractivity contribution < 1.29 is 13.9 Å². The first-order valence-corrected chi connectivity index (χ1v) is 9.54. The number of furan rings is 1. The summed E-state index contributed by atoms with van der Waals surface area (Å²) in [5.41, 5.74) is 0.938. The van der Waals surface area contributed by atoms with Gasteiger partial charge in [0.15, 0.2) is 5.76 Å². The van der Waals surface area contributed by atoms with Gasteiger partial charge in [-0.25, -0.2) is 0 Å². The van der Waals surface area contributed by atoms with E-state index in [0.717, 1.165) is 30.0 Å². The zero-order chi connectivity index (χ0) is 16.8. The predicted molar refractivity (Wildman–Crippen MR) is 93.9 cm³/mol. The Hall–Kier alpha value is -1.79. The number of hydrogen-bond acceptors (Lipinski definition) is 5. The van der Waals surface area contributed by atoms with Crippen LogP contribution in [0.1, 0.15) is 34.9 Å². The molecule has 2 aromatic rings. The Bertz CT molecular complexity index is 651. The lowest BCUT2D eigenvalue weighted by Gasteiger charge is -2.31. The van der Waals surface area contributed by atoms with E-state index in [-0.39, 0.29) is 12.0 Å². The van der Waals surface area contributed by atoms with Gasteiger partial charge in [-0.1, -0.05) is 6.07 Å². The van der Waals surface area contributed by atoms with Crippen molar-refractivity contribution in [1.82, 2.24) is 9.88 Å². The van der Waals surface area contributed by atoms with Crippen LogP contribution < -0.4 is 0 Å². The maximum atomic E-state index is 12.5. The molecule has 0 N–H and O–H groups in total. The molecule has 24 heavy (non-hydrogen) atoms. The number of pyridine rings is 1. The number of carbonyl (C=O) groups excluding carboxylic acids is 1. The maximum absolute atomic E-state index is 12.5. The van der Waals surface area contributed by atoms with Gasteiger partial charge in [0.25, 0.3) is 5.91 Å². The van der Waals surface area contributed by atoms with Crippen LogP contribution in [0.25, 0.3) is 0 Å². The van der Waals surface area contributed by atoms with Crippen molar-refractivity contribution in [2.45, 2.75) is 31.3 Å². The van der Waals surface area contributed by atoms with Gasteiger partial charge in [-0.05, 0) is 43.4 Å². The normalized spacial score (nSPS) is 15.6. The molecule has 1 amide bonds. The monoisotopic (exact) mass is 346 g/mol. The smallest absolute Gasteiger partial charge is 0.289 e. The average molecular weight is 346 g/mol. The first-order valence-electron chi connectivity index (χ1n) is 8.14.